The Kier molecular flexibility index (Phi) is 6.21. The number of benzene rings is 2. The van der Waals surface area contributed by atoms with E-state index in [-0.39, 0.29) is 11.3 Å². The van der Waals surface area contributed by atoms with Crippen LogP contribution in [0.15, 0.2) is 42.5 Å². The molecule has 0 heterocycles. The SMILES string of the molecule is CCOc1cc(/C=C/C(=O)Nc2ccc(C(=O)O)c(O)c2)ccc1OC. The van der Waals surface area contributed by atoms with Gasteiger partial charge in [-0.05, 0) is 42.8 Å². The summed E-state index contributed by atoms with van der Waals surface area (Å²) in [5.41, 5.74) is 0.792. The maximum Gasteiger partial charge on any atom is 0.339 e. The predicted molar refractivity (Wildman–Crippen MR) is 96.9 cm³/mol. The number of hydrogen-bond acceptors (Lipinski definition) is 5. The molecule has 0 aliphatic heterocycles. The van der Waals surface area contributed by atoms with Crippen molar-refractivity contribution in [2.24, 2.45) is 0 Å². The Bertz CT molecular complexity index is 844. The minimum absolute atomic E-state index is 0.236. The third-order valence-electron chi connectivity index (χ3n) is 3.41. The summed E-state index contributed by atoms with van der Waals surface area (Å²) < 4.78 is 10.7. The summed E-state index contributed by atoms with van der Waals surface area (Å²) in [6, 6.07) is 9.06. The monoisotopic (exact) mass is 357 g/mol. The van der Waals surface area contributed by atoms with Gasteiger partial charge in [-0.3, -0.25) is 4.79 Å². The van der Waals surface area contributed by atoms with E-state index in [1.165, 1.54) is 24.3 Å². The number of carbonyl (C=O) groups excluding carboxylic acids is 1. The Morgan fingerprint density at radius 3 is 2.54 bits per heavy atom. The molecule has 0 unspecified atom stereocenters. The maximum atomic E-state index is 12.0. The fraction of sp³-hybridized carbons (Fsp3) is 0.158. The lowest BCUT2D eigenvalue weighted by Crippen LogP contribution is -2.08. The molecule has 0 aliphatic carbocycles. The first-order valence-corrected chi connectivity index (χ1v) is 7.80. The maximum absolute atomic E-state index is 12.0. The van der Waals surface area contributed by atoms with Crippen LogP contribution in [-0.2, 0) is 4.79 Å². The Balaban J connectivity index is 2.09. The standard InChI is InChI=1S/C19H19NO6/c1-3-26-17-10-12(4-8-16(17)25-2)5-9-18(22)20-13-6-7-14(19(23)24)15(21)11-13/h4-11,21H,3H2,1-2H3,(H,20,22)(H,23,24)/b9-5+. The number of aromatic hydroxyl groups is 1. The van der Waals surface area contributed by atoms with Crippen molar-refractivity contribution in [3.63, 3.8) is 0 Å². The van der Waals surface area contributed by atoms with E-state index in [1.54, 1.807) is 31.4 Å². The van der Waals surface area contributed by atoms with Crippen LogP contribution in [0.2, 0.25) is 0 Å². The van der Waals surface area contributed by atoms with Gasteiger partial charge in [0.2, 0.25) is 5.91 Å². The number of carboxylic acids is 1. The quantitative estimate of drug-likeness (QED) is 0.658. The van der Waals surface area contributed by atoms with Crippen molar-refractivity contribution in [1.82, 2.24) is 0 Å². The normalized spacial score (nSPS) is 10.5. The summed E-state index contributed by atoms with van der Waals surface area (Å²) in [6.45, 7) is 2.35. The van der Waals surface area contributed by atoms with E-state index in [0.717, 1.165) is 5.56 Å². The van der Waals surface area contributed by atoms with Gasteiger partial charge >= 0.3 is 5.97 Å². The van der Waals surface area contributed by atoms with Crippen LogP contribution in [0.3, 0.4) is 0 Å². The molecular weight excluding hydrogens is 338 g/mol. The summed E-state index contributed by atoms with van der Waals surface area (Å²) in [5, 5.41) is 21.1. The topological polar surface area (TPSA) is 105 Å². The third kappa shape index (κ3) is 4.76. The van der Waals surface area contributed by atoms with Crippen LogP contribution in [0, 0.1) is 0 Å². The highest BCUT2D eigenvalue weighted by Crippen LogP contribution is 2.28. The molecule has 0 saturated carbocycles. The second kappa shape index (κ2) is 8.57. The van der Waals surface area contributed by atoms with E-state index in [2.05, 4.69) is 5.32 Å². The molecule has 7 heteroatoms. The molecule has 136 valence electrons. The average molecular weight is 357 g/mol. The first-order valence-electron chi connectivity index (χ1n) is 7.80. The molecule has 0 bridgehead atoms. The smallest absolute Gasteiger partial charge is 0.339 e. The van der Waals surface area contributed by atoms with Crippen LogP contribution in [0.4, 0.5) is 5.69 Å². The van der Waals surface area contributed by atoms with Gasteiger partial charge in [-0.25, -0.2) is 4.79 Å². The highest BCUT2D eigenvalue weighted by molar-refractivity contribution is 6.02. The van der Waals surface area contributed by atoms with Crippen molar-refractivity contribution in [1.29, 1.82) is 0 Å². The van der Waals surface area contributed by atoms with Crippen LogP contribution >= 0.6 is 0 Å². The second-order valence-electron chi connectivity index (χ2n) is 5.20. The predicted octanol–water partition coefficient (Wildman–Crippen LogP) is 3.15. The Labute approximate surface area is 150 Å². The molecule has 0 aromatic heterocycles. The fourth-order valence-electron chi connectivity index (χ4n) is 2.21. The second-order valence-corrected chi connectivity index (χ2v) is 5.20. The molecule has 0 atom stereocenters. The van der Waals surface area contributed by atoms with Crippen LogP contribution in [-0.4, -0.2) is 35.8 Å². The van der Waals surface area contributed by atoms with Gasteiger partial charge in [-0.2, -0.15) is 0 Å². The number of amides is 1. The van der Waals surface area contributed by atoms with Crippen molar-refractivity contribution in [2.75, 3.05) is 19.0 Å². The van der Waals surface area contributed by atoms with E-state index < -0.39 is 17.6 Å². The van der Waals surface area contributed by atoms with Gasteiger partial charge in [-0.1, -0.05) is 6.07 Å². The zero-order chi connectivity index (χ0) is 19.1. The van der Waals surface area contributed by atoms with E-state index >= 15 is 0 Å². The van der Waals surface area contributed by atoms with E-state index in [9.17, 15) is 14.7 Å². The van der Waals surface area contributed by atoms with Crippen LogP contribution < -0.4 is 14.8 Å². The summed E-state index contributed by atoms with van der Waals surface area (Å²) in [6.07, 6.45) is 2.92. The number of aromatic carboxylic acids is 1. The van der Waals surface area contributed by atoms with Gasteiger partial charge in [0.25, 0.3) is 0 Å². The highest BCUT2D eigenvalue weighted by atomic mass is 16.5. The van der Waals surface area contributed by atoms with Gasteiger partial charge in [-0.15, -0.1) is 0 Å². The largest absolute Gasteiger partial charge is 0.507 e. The van der Waals surface area contributed by atoms with Crippen molar-refractivity contribution in [3.05, 3.63) is 53.6 Å². The van der Waals surface area contributed by atoms with E-state index in [1.807, 2.05) is 6.92 Å². The van der Waals surface area contributed by atoms with Crippen molar-refractivity contribution in [2.45, 2.75) is 6.92 Å². The third-order valence-corrected chi connectivity index (χ3v) is 3.41. The first kappa shape index (κ1) is 18.9. The van der Waals surface area contributed by atoms with E-state index in [4.69, 9.17) is 14.6 Å². The summed E-state index contributed by atoms with van der Waals surface area (Å²) in [7, 11) is 1.55. The zero-order valence-electron chi connectivity index (χ0n) is 14.4. The molecule has 0 radical (unpaired) electrons. The molecule has 7 nitrogen and oxygen atoms in total. The number of phenols is 1. The van der Waals surface area contributed by atoms with Crippen molar-refractivity contribution >= 4 is 23.6 Å². The molecule has 3 N–H and O–H groups in total. The number of rotatable bonds is 7. The van der Waals surface area contributed by atoms with Gasteiger partial charge in [0.15, 0.2) is 11.5 Å². The molecule has 0 aliphatic rings. The lowest BCUT2D eigenvalue weighted by molar-refractivity contribution is -0.111. The number of carbonyl (C=O) groups is 2. The summed E-state index contributed by atoms with van der Waals surface area (Å²) in [5.74, 6) is -0.920. The minimum atomic E-state index is -1.25. The lowest BCUT2D eigenvalue weighted by Gasteiger charge is -2.09. The average Bonchev–Trinajstić information content (AvgIpc) is 2.60. The highest BCUT2D eigenvalue weighted by Gasteiger charge is 2.10. The zero-order valence-corrected chi connectivity index (χ0v) is 14.4. The first-order chi connectivity index (χ1) is 12.4. The number of nitrogens with one attached hydrogen (secondary N) is 1. The molecule has 26 heavy (non-hydrogen) atoms. The van der Waals surface area contributed by atoms with Gasteiger partial charge in [0.05, 0.1) is 13.7 Å². The van der Waals surface area contributed by atoms with E-state index in [0.29, 0.717) is 18.1 Å². The van der Waals surface area contributed by atoms with Crippen LogP contribution in [0.1, 0.15) is 22.8 Å². The molecule has 2 aromatic carbocycles. The summed E-state index contributed by atoms with van der Waals surface area (Å²) >= 11 is 0. The van der Waals surface area contributed by atoms with Crippen molar-refractivity contribution < 1.29 is 29.3 Å². The molecule has 2 aromatic rings. The number of methoxy groups -OCH3 is 1. The molecule has 0 saturated heterocycles. The van der Waals surface area contributed by atoms with Crippen LogP contribution in [0.5, 0.6) is 17.2 Å². The van der Waals surface area contributed by atoms with Crippen LogP contribution in [0.25, 0.3) is 6.08 Å². The molecule has 0 spiro atoms. The molecule has 2 rings (SSSR count). The Morgan fingerprint density at radius 1 is 1.15 bits per heavy atom. The van der Waals surface area contributed by atoms with Gasteiger partial charge in [0.1, 0.15) is 11.3 Å². The van der Waals surface area contributed by atoms with Gasteiger partial charge < -0.3 is 25.0 Å². The fourth-order valence-corrected chi connectivity index (χ4v) is 2.21. The Hall–Kier alpha value is -3.48. The van der Waals surface area contributed by atoms with Crippen molar-refractivity contribution in [3.8, 4) is 17.2 Å². The number of hydrogen-bond donors (Lipinski definition) is 3. The number of ether oxygens (including phenoxy) is 2. The molecule has 0 fully saturated rings. The Morgan fingerprint density at radius 2 is 1.92 bits per heavy atom. The molecule has 1 amide bonds. The lowest BCUT2D eigenvalue weighted by atomic mass is 10.1. The minimum Gasteiger partial charge on any atom is -0.507 e. The van der Waals surface area contributed by atoms with Gasteiger partial charge in [0, 0.05) is 17.8 Å². The summed E-state index contributed by atoms with van der Waals surface area (Å²) in [4.78, 5) is 22.9. The number of anilines is 1. The number of carboxylic acid groups (broad SMARTS) is 1. The molecular formula is C19H19NO6.